The van der Waals surface area contributed by atoms with Crippen molar-refractivity contribution in [3.8, 4) is 5.75 Å². The summed E-state index contributed by atoms with van der Waals surface area (Å²) in [7, 11) is 0. The second-order valence-electron chi connectivity index (χ2n) is 3.91. The van der Waals surface area contributed by atoms with E-state index >= 15 is 0 Å². The molecule has 0 heterocycles. The maximum atomic E-state index is 5.69. The van der Waals surface area contributed by atoms with Crippen LogP contribution < -0.4 is 10.5 Å². The zero-order valence-electron chi connectivity index (χ0n) is 9.71. The Labute approximate surface area is 91.7 Å². The minimum absolute atomic E-state index is 0.177. The molecule has 0 unspecified atom stereocenters. The molecule has 2 N–H and O–H groups in total. The highest BCUT2D eigenvalue weighted by Gasteiger charge is 2.03. The van der Waals surface area contributed by atoms with E-state index in [1.54, 1.807) is 0 Å². The maximum absolute atomic E-state index is 5.69. The van der Waals surface area contributed by atoms with E-state index in [1.807, 2.05) is 26.0 Å². The number of nitrogens with two attached hydrogens (primary N) is 1. The lowest BCUT2D eigenvalue weighted by Crippen LogP contribution is -2.06. The van der Waals surface area contributed by atoms with E-state index in [2.05, 4.69) is 19.6 Å². The molecule has 0 atom stereocenters. The summed E-state index contributed by atoms with van der Waals surface area (Å²) in [5, 5.41) is 0. The summed E-state index contributed by atoms with van der Waals surface area (Å²) in [6.07, 6.45) is 1.14. The molecule has 0 spiro atoms. The average molecular weight is 205 g/mol. The summed E-state index contributed by atoms with van der Waals surface area (Å²) in [5.74, 6) is 0.867. The van der Waals surface area contributed by atoms with Crippen LogP contribution in [0.25, 0.3) is 5.70 Å². The topological polar surface area (TPSA) is 35.2 Å². The molecule has 0 saturated carbocycles. The van der Waals surface area contributed by atoms with Crippen molar-refractivity contribution in [3.63, 3.8) is 0 Å². The predicted octanol–water partition coefficient (Wildman–Crippen LogP) is 2.97. The van der Waals surface area contributed by atoms with Gasteiger partial charge in [0.05, 0.1) is 6.10 Å². The Morgan fingerprint density at radius 1 is 1.40 bits per heavy atom. The quantitative estimate of drug-likeness (QED) is 0.820. The standard InChI is InChI=1S/C13H19NO/c1-5-11-6-12(10(4)14)8-13(7-11)15-9(2)3/h6-9H,4-5,14H2,1-3H3. The molecule has 0 amide bonds. The summed E-state index contributed by atoms with van der Waals surface area (Å²) >= 11 is 0. The lowest BCUT2D eigenvalue weighted by atomic mass is 10.1. The molecule has 15 heavy (non-hydrogen) atoms. The van der Waals surface area contributed by atoms with Crippen LogP contribution in [0.3, 0.4) is 0 Å². The third kappa shape index (κ3) is 3.31. The molecule has 1 aromatic carbocycles. The number of hydrogen-bond donors (Lipinski definition) is 1. The molecule has 2 heteroatoms. The van der Waals surface area contributed by atoms with E-state index < -0.39 is 0 Å². The van der Waals surface area contributed by atoms with Crippen molar-refractivity contribution in [2.75, 3.05) is 0 Å². The first-order valence-electron chi connectivity index (χ1n) is 5.28. The zero-order valence-corrected chi connectivity index (χ0v) is 9.71. The molecule has 0 aliphatic rings. The van der Waals surface area contributed by atoms with E-state index in [-0.39, 0.29) is 6.10 Å². The maximum Gasteiger partial charge on any atom is 0.120 e. The van der Waals surface area contributed by atoms with Crippen molar-refractivity contribution in [1.29, 1.82) is 0 Å². The summed E-state index contributed by atoms with van der Waals surface area (Å²) in [6.45, 7) is 9.87. The fourth-order valence-electron chi connectivity index (χ4n) is 1.39. The Balaban J connectivity index is 3.05. The zero-order chi connectivity index (χ0) is 11.4. The molecule has 0 bridgehead atoms. The fourth-order valence-corrected chi connectivity index (χ4v) is 1.39. The average Bonchev–Trinajstić information content (AvgIpc) is 2.16. The van der Waals surface area contributed by atoms with Gasteiger partial charge in [0.2, 0.25) is 0 Å². The van der Waals surface area contributed by atoms with Crippen LogP contribution in [0.15, 0.2) is 24.8 Å². The minimum atomic E-state index is 0.177. The van der Waals surface area contributed by atoms with Gasteiger partial charge >= 0.3 is 0 Å². The van der Waals surface area contributed by atoms with Crippen molar-refractivity contribution in [1.82, 2.24) is 0 Å². The first kappa shape index (κ1) is 11.6. The highest BCUT2D eigenvalue weighted by Crippen LogP contribution is 2.21. The molecule has 0 aliphatic heterocycles. The highest BCUT2D eigenvalue weighted by atomic mass is 16.5. The Morgan fingerprint density at radius 3 is 2.53 bits per heavy atom. The van der Waals surface area contributed by atoms with Crippen LogP contribution in [0.2, 0.25) is 0 Å². The van der Waals surface area contributed by atoms with E-state index in [0.717, 1.165) is 17.7 Å². The van der Waals surface area contributed by atoms with Gasteiger partial charge in [-0.15, -0.1) is 0 Å². The SMILES string of the molecule is C=C(N)c1cc(CC)cc(OC(C)C)c1. The van der Waals surface area contributed by atoms with Crippen molar-refractivity contribution in [3.05, 3.63) is 35.9 Å². The van der Waals surface area contributed by atoms with Gasteiger partial charge in [0.25, 0.3) is 0 Å². The monoisotopic (exact) mass is 205 g/mol. The van der Waals surface area contributed by atoms with Crippen molar-refractivity contribution >= 4 is 5.70 Å². The van der Waals surface area contributed by atoms with E-state index in [1.165, 1.54) is 5.56 Å². The van der Waals surface area contributed by atoms with Crippen LogP contribution >= 0.6 is 0 Å². The van der Waals surface area contributed by atoms with Crippen molar-refractivity contribution in [2.24, 2.45) is 5.73 Å². The number of rotatable bonds is 4. The van der Waals surface area contributed by atoms with E-state index in [4.69, 9.17) is 10.5 Å². The van der Waals surface area contributed by atoms with Crippen LogP contribution in [-0.2, 0) is 6.42 Å². The normalized spacial score (nSPS) is 10.4. The molecule has 1 aromatic rings. The molecule has 1 rings (SSSR count). The highest BCUT2D eigenvalue weighted by molar-refractivity contribution is 5.62. The fraction of sp³-hybridized carbons (Fsp3) is 0.385. The number of aryl methyl sites for hydroxylation is 1. The third-order valence-corrected chi connectivity index (χ3v) is 2.12. The first-order chi connectivity index (χ1) is 7.02. The summed E-state index contributed by atoms with van der Waals surface area (Å²) in [4.78, 5) is 0. The van der Waals surface area contributed by atoms with Gasteiger partial charge in [-0.3, -0.25) is 0 Å². The Kier molecular flexibility index (Phi) is 3.78. The number of ether oxygens (including phenoxy) is 1. The van der Waals surface area contributed by atoms with E-state index in [9.17, 15) is 0 Å². The van der Waals surface area contributed by atoms with Crippen molar-refractivity contribution < 1.29 is 4.74 Å². The second kappa shape index (κ2) is 4.87. The van der Waals surface area contributed by atoms with Gasteiger partial charge in [0.1, 0.15) is 5.75 Å². The third-order valence-electron chi connectivity index (χ3n) is 2.12. The van der Waals surface area contributed by atoms with Crippen LogP contribution in [0.1, 0.15) is 31.9 Å². The van der Waals surface area contributed by atoms with Gasteiger partial charge in [0, 0.05) is 11.3 Å². The smallest absolute Gasteiger partial charge is 0.120 e. The lowest BCUT2D eigenvalue weighted by Gasteiger charge is -2.12. The minimum Gasteiger partial charge on any atom is -0.491 e. The Hall–Kier alpha value is -1.44. The van der Waals surface area contributed by atoms with Crippen LogP contribution in [0.4, 0.5) is 0 Å². The molecule has 0 radical (unpaired) electrons. The molecule has 82 valence electrons. The van der Waals surface area contributed by atoms with Crippen LogP contribution in [0.5, 0.6) is 5.75 Å². The second-order valence-corrected chi connectivity index (χ2v) is 3.91. The summed E-state index contributed by atoms with van der Waals surface area (Å²) in [5.41, 5.74) is 8.44. The molecule has 0 aliphatic carbocycles. The molecular weight excluding hydrogens is 186 g/mol. The molecule has 2 nitrogen and oxygen atoms in total. The van der Waals surface area contributed by atoms with Gasteiger partial charge in [-0.1, -0.05) is 13.5 Å². The van der Waals surface area contributed by atoms with Crippen LogP contribution in [0, 0.1) is 0 Å². The molecule has 0 aromatic heterocycles. The molecule has 0 fully saturated rings. The molecule has 0 saturated heterocycles. The van der Waals surface area contributed by atoms with Gasteiger partial charge in [-0.2, -0.15) is 0 Å². The summed E-state index contributed by atoms with van der Waals surface area (Å²) in [6, 6.07) is 6.03. The largest absolute Gasteiger partial charge is 0.491 e. The Morgan fingerprint density at radius 2 is 2.07 bits per heavy atom. The molecular formula is C13H19NO. The van der Waals surface area contributed by atoms with E-state index in [0.29, 0.717) is 5.70 Å². The lowest BCUT2D eigenvalue weighted by molar-refractivity contribution is 0.242. The summed E-state index contributed by atoms with van der Waals surface area (Å²) < 4.78 is 5.65. The number of hydrogen-bond acceptors (Lipinski definition) is 2. The van der Waals surface area contributed by atoms with Gasteiger partial charge in [-0.05, 0) is 44.0 Å². The van der Waals surface area contributed by atoms with Crippen LogP contribution in [-0.4, -0.2) is 6.10 Å². The van der Waals surface area contributed by atoms with Crippen molar-refractivity contribution in [2.45, 2.75) is 33.3 Å². The Bertz CT molecular complexity index is 356. The first-order valence-corrected chi connectivity index (χ1v) is 5.28. The number of benzene rings is 1. The van der Waals surface area contributed by atoms with Gasteiger partial charge < -0.3 is 10.5 Å². The van der Waals surface area contributed by atoms with Gasteiger partial charge in [0.15, 0.2) is 0 Å². The van der Waals surface area contributed by atoms with Gasteiger partial charge in [-0.25, -0.2) is 0 Å². The predicted molar refractivity (Wildman–Crippen MR) is 64.8 cm³/mol.